The van der Waals surface area contributed by atoms with Crippen molar-refractivity contribution in [3.63, 3.8) is 0 Å². The Morgan fingerprint density at radius 2 is 2.17 bits per heavy atom. The van der Waals surface area contributed by atoms with Crippen LogP contribution in [-0.2, 0) is 6.42 Å². The molecule has 1 aromatic heterocycles. The van der Waals surface area contributed by atoms with Crippen molar-refractivity contribution in [3.8, 4) is 0 Å². The molecule has 0 spiro atoms. The van der Waals surface area contributed by atoms with E-state index in [9.17, 15) is 4.79 Å². The minimum atomic E-state index is -0.0196. The third-order valence-corrected chi connectivity index (χ3v) is 4.11. The van der Waals surface area contributed by atoms with Gasteiger partial charge in [0.05, 0.1) is 4.88 Å². The summed E-state index contributed by atoms with van der Waals surface area (Å²) in [6.07, 6.45) is 0.859. The summed E-state index contributed by atoms with van der Waals surface area (Å²) in [5.41, 5.74) is 2.54. The Morgan fingerprint density at radius 1 is 1.39 bits per heavy atom. The molecule has 0 fully saturated rings. The van der Waals surface area contributed by atoms with Crippen molar-refractivity contribution in [3.05, 3.63) is 51.7 Å². The average Bonchev–Trinajstić information content (AvgIpc) is 2.78. The largest absolute Gasteiger partial charge is 0.351 e. The number of aryl methyl sites for hydroxylation is 1. The SMILES string of the molecule is Cc1ccccc1CCNC(=O)c1cc(S)cs1. The maximum atomic E-state index is 11.8. The predicted octanol–water partition coefficient (Wildman–Crippen LogP) is 3.32. The van der Waals surface area contributed by atoms with Crippen LogP contribution in [0, 0.1) is 6.92 Å². The van der Waals surface area contributed by atoms with Gasteiger partial charge in [-0.25, -0.2) is 0 Å². The molecule has 1 heterocycles. The normalized spacial score (nSPS) is 10.3. The first-order valence-electron chi connectivity index (χ1n) is 5.77. The van der Waals surface area contributed by atoms with Crippen molar-refractivity contribution in [1.29, 1.82) is 0 Å². The fraction of sp³-hybridized carbons (Fsp3) is 0.214. The molecule has 0 bridgehead atoms. The van der Waals surface area contributed by atoms with Crippen LogP contribution in [0.1, 0.15) is 20.8 Å². The van der Waals surface area contributed by atoms with E-state index in [1.54, 1.807) is 6.07 Å². The van der Waals surface area contributed by atoms with E-state index in [1.165, 1.54) is 22.5 Å². The van der Waals surface area contributed by atoms with Crippen molar-refractivity contribution in [2.24, 2.45) is 0 Å². The monoisotopic (exact) mass is 277 g/mol. The lowest BCUT2D eigenvalue weighted by Crippen LogP contribution is -2.25. The Morgan fingerprint density at radius 3 is 2.83 bits per heavy atom. The minimum absolute atomic E-state index is 0.0196. The molecule has 0 aliphatic carbocycles. The second-order valence-corrected chi connectivity index (χ2v) is 5.53. The lowest BCUT2D eigenvalue weighted by atomic mass is 10.1. The van der Waals surface area contributed by atoms with E-state index in [1.807, 2.05) is 17.5 Å². The van der Waals surface area contributed by atoms with Gasteiger partial charge in [0.15, 0.2) is 0 Å². The molecule has 0 atom stereocenters. The van der Waals surface area contributed by atoms with E-state index in [2.05, 4.69) is 37.0 Å². The standard InChI is InChI=1S/C14H15NOS2/c1-10-4-2-3-5-11(10)6-7-15-14(16)13-8-12(17)9-18-13/h2-5,8-9,17H,6-7H2,1H3,(H,15,16). The molecule has 94 valence electrons. The Hall–Kier alpha value is -1.26. The van der Waals surface area contributed by atoms with Crippen molar-refractivity contribution >= 4 is 29.9 Å². The Labute approximate surface area is 116 Å². The van der Waals surface area contributed by atoms with Crippen LogP contribution in [0.3, 0.4) is 0 Å². The Bertz CT molecular complexity index is 548. The van der Waals surface area contributed by atoms with E-state index in [0.29, 0.717) is 11.4 Å². The molecule has 0 radical (unpaired) electrons. The van der Waals surface area contributed by atoms with Gasteiger partial charge in [-0.2, -0.15) is 0 Å². The van der Waals surface area contributed by atoms with E-state index >= 15 is 0 Å². The zero-order chi connectivity index (χ0) is 13.0. The quantitative estimate of drug-likeness (QED) is 0.825. The molecule has 2 aromatic rings. The van der Waals surface area contributed by atoms with Gasteiger partial charge in [0.1, 0.15) is 0 Å². The lowest BCUT2D eigenvalue weighted by Gasteiger charge is -2.06. The van der Waals surface area contributed by atoms with Crippen LogP contribution in [0.2, 0.25) is 0 Å². The summed E-state index contributed by atoms with van der Waals surface area (Å²) < 4.78 is 0. The summed E-state index contributed by atoms with van der Waals surface area (Å²) in [5.74, 6) is -0.0196. The lowest BCUT2D eigenvalue weighted by molar-refractivity contribution is 0.0958. The van der Waals surface area contributed by atoms with Gasteiger partial charge in [-0.05, 0) is 30.5 Å². The molecule has 1 amide bonds. The number of amides is 1. The zero-order valence-corrected chi connectivity index (χ0v) is 11.9. The molecule has 1 aromatic carbocycles. The smallest absolute Gasteiger partial charge is 0.261 e. The van der Waals surface area contributed by atoms with Crippen LogP contribution < -0.4 is 5.32 Å². The number of benzene rings is 1. The predicted molar refractivity (Wildman–Crippen MR) is 78.8 cm³/mol. The van der Waals surface area contributed by atoms with Crippen LogP contribution in [0.15, 0.2) is 40.6 Å². The van der Waals surface area contributed by atoms with Crippen LogP contribution in [0.5, 0.6) is 0 Å². The fourth-order valence-electron chi connectivity index (χ4n) is 1.73. The molecule has 0 saturated heterocycles. The molecular formula is C14H15NOS2. The average molecular weight is 277 g/mol. The number of hydrogen-bond donors (Lipinski definition) is 2. The fourth-order valence-corrected chi connectivity index (χ4v) is 2.80. The first-order chi connectivity index (χ1) is 8.66. The second-order valence-electron chi connectivity index (χ2n) is 4.10. The number of carbonyl (C=O) groups is 1. The highest BCUT2D eigenvalue weighted by molar-refractivity contribution is 7.80. The third-order valence-electron chi connectivity index (χ3n) is 2.75. The van der Waals surface area contributed by atoms with Gasteiger partial charge in [0.2, 0.25) is 0 Å². The van der Waals surface area contributed by atoms with Crippen LogP contribution in [0.4, 0.5) is 0 Å². The molecule has 1 N–H and O–H groups in total. The van der Waals surface area contributed by atoms with Gasteiger partial charge in [-0.1, -0.05) is 24.3 Å². The minimum Gasteiger partial charge on any atom is -0.351 e. The maximum absolute atomic E-state index is 11.8. The van der Waals surface area contributed by atoms with E-state index in [-0.39, 0.29) is 5.91 Å². The third kappa shape index (κ3) is 3.37. The molecule has 0 aliphatic rings. The van der Waals surface area contributed by atoms with Crippen molar-refractivity contribution in [2.75, 3.05) is 6.54 Å². The van der Waals surface area contributed by atoms with Crippen LogP contribution in [-0.4, -0.2) is 12.5 Å². The zero-order valence-electron chi connectivity index (χ0n) is 10.1. The highest BCUT2D eigenvalue weighted by Gasteiger charge is 2.07. The Kier molecular flexibility index (Phi) is 4.44. The summed E-state index contributed by atoms with van der Waals surface area (Å²) in [5, 5.41) is 4.79. The van der Waals surface area contributed by atoms with Crippen LogP contribution in [0.25, 0.3) is 0 Å². The van der Waals surface area contributed by atoms with E-state index in [0.717, 1.165) is 11.3 Å². The molecule has 2 rings (SSSR count). The number of carbonyl (C=O) groups excluding carboxylic acids is 1. The Balaban J connectivity index is 1.86. The van der Waals surface area contributed by atoms with Gasteiger partial charge in [-0.3, -0.25) is 4.79 Å². The van der Waals surface area contributed by atoms with Gasteiger partial charge < -0.3 is 5.32 Å². The summed E-state index contributed by atoms with van der Waals surface area (Å²) in [6.45, 7) is 2.74. The van der Waals surface area contributed by atoms with Gasteiger partial charge in [0, 0.05) is 16.8 Å². The van der Waals surface area contributed by atoms with Crippen LogP contribution >= 0.6 is 24.0 Å². The molecule has 2 nitrogen and oxygen atoms in total. The summed E-state index contributed by atoms with van der Waals surface area (Å²) >= 11 is 5.61. The van der Waals surface area contributed by atoms with Crippen molar-refractivity contribution in [2.45, 2.75) is 18.2 Å². The summed E-state index contributed by atoms with van der Waals surface area (Å²) in [7, 11) is 0. The van der Waals surface area contributed by atoms with Crippen molar-refractivity contribution < 1.29 is 4.79 Å². The first-order valence-corrected chi connectivity index (χ1v) is 7.09. The van der Waals surface area contributed by atoms with Gasteiger partial charge >= 0.3 is 0 Å². The molecule has 0 aliphatic heterocycles. The molecule has 0 unspecified atom stereocenters. The summed E-state index contributed by atoms with van der Waals surface area (Å²) in [4.78, 5) is 13.3. The molecule has 18 heavy (non-hydrogen) atoms. The second kappa shape index (κ2) is 6.07. The molecule has 4 heteroatoms. The molecule has 0 saturated carbocycles. The first kappa shape index (κ1) is 13.2. The van der Waals surface area contributed by atoms with E-state index in [4.69, 9.17) is 0 Å². The number of thiol groups is 1. The molecular weight excluding hydrogens is 262 g/mol. The number of rotatable bonds is 4. The highest BCUT2D eigenvalue weighted by Crippen LogP contribution is 2.17. The number of nitrogens with one attached hydrogen (secondary N) is 1. The van der Waals surface area contributed by atoms with Gasteiger partial charge in [0.25, 0.3) is 5.91 Å². The number of hydrogen-bond acceptors (Lipinski definition) is 3. The summed E-state index contributed by atoms with van der Waals surface area (Å²) in [6, 6.07) is 10.0. The van der Waals surface area contributed by atoms with Gasteiger partial charge in [-0.15, -0.1) is 24.0 Å². The number of thiophene rings is 1. The van der Waals surface area contributed by atoms with E-state index < -0.39 is 0 Å². The topological polar surface area (TPSA) is 29.1 Å². The maximum Gasteiger partial charge on any atom is 0.261 e. The van der Waals surface area contributed by atoms with Crippen molar-refractivity contribution in [1.82, 2.24) is 5.32 Å². The highest BCUT2D eigenvalue weighted by atomic mass is 32.1.